The Hall–Kier alpha value is -3.20. The zero-order valence-corrected chi connectivity index (χ0v) is 18.4. The van der Waals surface area contributed by atoms with Gasteiger partial charge in [0.1, 0.15) is 17.1 Å². The van der Waals surface area contributed by atoms with E-state index in [0.29, 0.717) is 39.5 Å². The van der Waals surface area contributed by atoms with Crippen LogP contribution >= 0.6 is 11.3 Å². The van der Waals surface area contributed by atoms with Crippen molar-refractivity contribution in [3.8, 4) is 0 Å². The van der Waals surface area contributed by atoms with E-state index in [4.69, 9.17) is 4.74 Å². The van der Waals surface area contributed by atoms with Gasteiger partial charge >= 0.3 is 5.97 Å². The molecule has 0 aliphatic carbocycles. The topological polar surface area (TPSA) is 96.0 Å². The summed E-state index contributed by atoms with van der Waals surface area (Å²) in [6, 6.07) is 8.67. The number of ether oxygens (including phenoxy) is 1. The fourth-order valence-corrected chi connectivity index (χ4v) is 5.19. The number of nitrogens with one attached hydrogen (secondary N) is 1. The smallest absolute Gasteiger partial charge is 0.348 e. The third-order valence-corrected chi connectivity index (χ3v) is 6.82. The molecule has 1 saturated heterocycles. The second kappa shape index (κ2) is 7.81. The molecule has 0 saturated carbocycles. The van der Waals surface area contributed by atoms with Crippen molar-refractivity contribution in [2.24, 2.45) is 0 Å². The molecule has 2 aliphatic rings. The molecule has 31 heavy (non-hydrogen) atoms. The van der Waals surface area contributed by atoms with Gasteiger partial charge in [-0.3, -0.25) is 19.3 Å². The molecule has 1 fully saturated rings. The van der Waals surface area contributed by atoms with Crippen molar-refractivity contribution in [3.63, 3.8) is 0 Å². The highest BCUT2D eigenvalue weighted by molar-refractivity contribution is 7.18. The Bertz CT molecular complexity index is 1090. The first-order valence-corrected chi connectivity index (χ1v) is 10.9. The number of thiophene rings is 1. The van der Waals surface area contributed by atoms with Crippen LogP contribution in [-0.4, -0.2) is 47.4 Å². The summed E-state index contributed by atoms with van der Waals surface area (Å²) in [6.45, 7) is 5.37. The van der Waals surface area contributed by atoms with Crippen molar-refractivity contribution in [2.75, 3.05) is 23.4 Å². The van der Waals surface area contributed by atoms with Gasteiger partial charge in [-0.2, -0.15) is 0 Å². The Kier molecular flexibility index (Phi) is 5.30. The van der Waals surface area contributed by atoms with Gasteiger partial charge in [0.2, 0.25) is 11.8 Å². The number of carbonyl (C=O) groups is 4. The number of fused-ring (bicyclic) bond motifs is 3. The monoisotopic (exact) mass is 441 g/mol. The van der Waals surface area contributed by atoms with Crippen molar-refractivity contribution in [3.05, 3.63) is 46.3 Å². The van der Waals surface area contributed by atoms with Gasteiger partial charge in [-0.05, 0) is 51.0 Å². The number of hydrogen-bond acceptors (Lipinski definition) is 6. The zero-order valence-electron chi connectivity index (χ0n) is 17.6. The van der Waals surface area contributed by atoms with Crippen LogP contribution in [0, 0.1) is 6.92 Å². The highest BCUT2D eigenvalue weighted by Crippen LogP contribution is 2.43. The number of anilines is 2. The predicted octanol–water partition coefficient (Wildman–Crippen LogP) is 3.17. The minimum absolute atomic E-state index is 0.0687. The molecule has 1 atom stereocenters. The molecular weight excluding hydrogens is 418 g/mol. The molecular formula is C22H23N3O5S. The quantitative estimate of drug-likeness (QED) is 0.719. The molecule has 3 heterocycles. The maximum atomic E-state index is 13.2. The Morgan fingerprint density at radius 1 is 1.26 bits per heavy atom. The number of amides is 3. The van der Waals surface area contributed by atoms with Crippen LogP contribution in [-0.2, 0) is 14.3 Å². The molecule has 1 N–H and O–H groups in total. The molecule has 1 aromatic heterocycles. The summed E-state index contributed by atoms with van der Waals surface area (Å²) >= 11 is 1.13. The Labute approximate surface area is 183 Å². The van der Waals surface area contributed by atoms with E-state index in [0.717, 1.165) is 11.3 Å². The fraction of sp³-hybridized carbons (Fsp3) is 0.364. The van der Waals surface area contributed by atoms with Crippen LogP contribution in [0.5, 0.6) is 0 Å². The third kappa shape index (κ3) is 3.48. The van der Waals surface area contributed by atoms with E-state index in [1.54, 1.807) is 49.1 Å². The first-order chi connectivity index (χ1) is 14.8. The van der Waals surface area contributed by atoms with Gasteiger partial charge in [0.15, 0.2) is 0 Å². The lowest BCUT2D eigenvalue weighted by atomic mass is 9.98. The molecule has 162 valence electrons. The van der Waals surface area contributed by atoms with Crippen LogP contribution in [0.25, 0.3) is 0 Å². The molecule has 2 aromatic rings. The number of hydrogen-bond donors (Lipinski definition) is 1. The summed E-state index contributed by atoms with van der Waals surface area (Å²) in [5.41, 5.74) is 0.796. The number of esters is 1. The first-order valence-electron chi connectivity index (χ1n) is 10.1. The lowest BCUT2D eigenvalue weighted by molar-refractivity contribution is -0.120. The lowest BCUT2D eigenvalue weighted by Gasteiger charge is -2.48. The lowest BCUT2D eigenvalue weighted by Crippen LogP contribution is -2.63. The number of carbonyl (C=O) groups excluding carboxylic acids is 4. The summed E-state index contributed by atoms with van der Waals surface area (Å²) in [7, 11) is 0. The average Bonchev–Trinajstić information content (AvgIpc) is 3.25. The Balaban J connectivity index is 1.57. The van der Waals surface area contributed by atoms with Gasteiger partial charge in [-0.1, -0.05) is 12.1 Å². The van der Waals surface area contributed by atoms with Crippen LogP contribution in [0.1, 0.15) is 52.3 Å². The molecule has 4 rings (SSSR count). The molecule has 3 amide bonds. The third-order valence-electron chi connectivity index (χ3n) is 5.69. The SMILES string of the molecule is CCOC(=O)c1sc(NC(=O)CN2C(=O)c3ccccc3N3C(=O)CCC23C)cc1C. The molecule has 1 unspecified atom stereocenters. The van der Waals surface area contributed by atoms with E-state index in [9.17, 15) is 19.2 Å². The van der Waals surface area contributed by atoms with Crippen molar-refractivity contribution >= 4 is 45.7 Å². The second-order valence-electron chi connectivity index (χ2n) is 7.75. The highest BCUT2D eigenvalue weighted by Gasteiger charge is 2.53. The summed E-state index contributed by atoms with van der Waals surface area (Å²) in [6.07, 6.45) is 0.757. The van der Waals surface area contributed by atoms with E-state index >= 15 is 0 Å². The predicted molar refractivity (Wildman–Crippen MR) is 116 cm³/mol. The maximum absolute atomic E-state index is 13.2. The van der Waals surface area contributed by atoms with Crippen molar-refractivity contribution in [1.82, 2.24) is 4.90 Å². The van der Waals surface area contributed by atoms with Crippen LogP contribution in [0.4, 0.5) is 10.7 Å². The normalized spacial score (nSPS) is 19.8. The van der Waals surface area contributed by atoms with Gasteiger partial charge < -0.3 is 15.0 Å². The molecule has 1 aromatic carbocycles. The molecule has 9 heteroatoms. The largest absolute Gasteiger partial charge is 0.462 e. The zero-order chi connectivity index (χ0) is 22.3. The molecule has 0 radical (unpaired) electrons. The molecule has 0 spiro atoms. The average molecular weight is 442 g/mol. The van der Waals surface area contributed by atoms with Gasteiger partial charge in [-0.15, -0.1) is 11.3 Å². The summed E-state index contributed by atoms with van der Waals surface area (Å²) in [5, 5.41) is 3.27. The second-order valence-corrected chi connectivity index (χ2v) is 8.80. The number of para-hydroxylation sites is 1. The van der Waals surface area contributed by atoms with Crippen LogP contribution < -0.4 is 10.2 Å². The van der Waals surface area contributed by atoms with Crippen molar-refractivity contribution < 1.29 is 23.9 Å². The molecule has 0 bridgehead atoms. The van der Waals surface area contributed by atoms with Gasteiger partial charge in [-0.25, -0.2) is 4.79 Å². The molecule has 2 aliphatic heterocycles. The first kappa shape index (κ1) is 21.0. The summed E-state index contributed by atoms with van der Waals surface area (Å²) in [5.74, 6) is -1.18. The molecule has 8 nitrogen and oxygen atoms in total. The van der Waals surface area contributed by atoms with E-state index < -0.39 is 17.5 Å². The van der Waals surface area contributed by atoms with Crippen LogP contribution in [0.3, 0.4) is 0 Å². The van der Waals surface area contributed by atoms with Gasteiger partial charge in [0.25, 0.3) is 5.91 Å². The number of benzene rings is 1. The van der Waals surface area contributed by atoms with Crippen LogP contribution in [0.2, 0.25) is 0 Å². The van der Waals surface area contributed by atoms with Crippen molar-refractivity contribution in [1.29, 1.82) is 0 Å². The van der Waals surface area contributed by atoms with E-state index in [2.05, 4.69) is 5.32 Å². The van der Waals surface area contributed by atoms with Crippen LogP contribution in [0.15, 0.2) is 30.3 Å². The highest BCUT2D eigenvalue weighted by atomic mass is 32.1. The van der Waals surface area contributed by atoms with E-state index in [-0.39, 0.29) is 25.0 Å². The fourth-order valence-electron chi connectivity index (χ4n) is 4.20. The van der Waals surface area contributed by atoms with E-state index in [1.165, 1.54) is 4.90 Å². The Morgan fingerprint density at radius 3 is 2.74 bits per heavy atom. The maximum Gasteiger partial charge on any atom is 0.348 e. The summed E-state index contributed by atoms with van der Waals surface area (Å²) < 4.78 is 5.04. The minimum atomic E-state index is -0.901. The Morgan fingerprint density at radius 2 is 2.00 bits per heavy atom. The minimum Gasteiger partial charge on any atom is -0.462 e. The number of aryl methyl sites for hydroxylation is 1. The summed E-state index contributed by atoms with van der Waals surface area (Å²) in [4.78, 5) is 54.2. The number of nitrogens with zero attached hydrogens (tertiary/aromatic N) is 2. The van der Waals surface area contributed by atoms with Gasteiger partial charge in [0, 0.05) is 6.42 Å². The van der Waals surface area contributed by atoms with Crippen molar-refractivity contribution in [2.45, 2.75) is 39.3 Å². The standard InChI is InChI=1S/C22H23N3O5S/c1-4-30-21(29)19-13(2)11-17(31-19)23-16(26)12-24-20(28)14-7-5-6-8-15(14)25-18(27)9-10-22(24,25)3/h5-8,11H,4,9-10,12H2,1-3H3,(H,23,26). The van der Waals surface area contributed by atoms with E-state index in [1.807, 2.05) is 6.92 Å². The number of rotatable bonds is 5. The van der Waals surface area contributed by atoms with Gasteiger partial charge in [0.05, 0.1) is 22.9 Å².